The van der Waals surface area contributed by atoms with Crippen LogP contribution in [-0.2, 0) is 61.7 Å². The average Bonchev–Trinajstić information content (AvgIpc) is 3.34. The Bertz CT molecular complexity index is 1730. The maximum Gasteiger partial charge on any atom is 0.217 e. The van der Waals surface area contributed by atoms with Crippen molar-refractivity contribution in [3.05, 3.63) is 0 Å². The molecule has 19 N–H and O–H groups in total. The van der Waals surface area contributed by atoms with E-state index in [1.807, 2.05) is 0 Å². The van der Waals surface area contributed by atoms with Crippen LogP contribution in [0, 0.1) is 0 Å². The van der Waals surface area contributed by atoms with Crippen LogP contribution in [0.5, 0.6) is 0 Å². The van der Waals surface area contributed by atoms with Crippen molar-refractivity contribution in [1.82, 2.24) is 10.6 Å². The van der Waals surface area contributed by atoms with E-state index in [0.29, 0.717) is 0 Å². The first-order chi connectivity index (χ1) is 34.0. The van der Waals surface area contributed by atoms with E-state index in [-0.39, 0.29) is 0 Å². The zero-order chi connectivity index (χ0) is 53.2. The Kier molecular flexibility index (Phi) is 20.8. The third-order valence-corrected chi connectivity index (χ3v) is 13.2. The standard InChI is InChI=1S/C40H68N2O30/c1-9-19(50)25(56)26(57)38(62-9)72-34-27(58)35(61)63-16(8-47)30(34)68-39-28(59)33(23(54)14(6-45)66-39)71-37-18(42-11(3)49)31(21(52)13(5-44)65-37)69-40-29(60)32(22(53)15(7-46)67-40)70-36-17(41-10(2)48)24(55)20(51)12(4-43)64-36/h9,12-40,43-47,50-61H,4-8H2,1-3H3,(H,41,48)(H,42,49)/t9-,12+,13+,14+,15+,16+,17+,18+,19+,20+,21+,22-,23-,24+,25+,26-,27+,28+,29+,30+,31+,32-,33-,34+,35+,36-,37-,38-,39-,40-/m0/s1. The number of ether oxygens (including phenoxy) is 11. The number of aliphatic hydroxyl groups excluding tert-OH is 17. The number of nitrogens with one attached hydrogen (secondary N) is 2. The average molecular weight is 1060 g/mol. The molecule has 6 heterocycles. The minimum atomic E-state index is -2.23. The van der Waals surface area contributed by atoms with Crippen LogP contribution in [-0.4, -0.2) is 316 Å². The van der Waals surface area contributed by atoms with Crippen molar-refractivity contribution in [2.75, 3.05) is 33.0 Å². The van der Waals surface area contributed by atoms with Gasteiger partial charge in [0.05, 0.1) is 39.1 Å². The molecule has 6 rings (SSSR count). The number of hydrogen-bond acceptors (Lipinski definition) is 30. The molecule has 0 bridgehead atoms. The van der Waals surface area contributed by atoms with Crippen LogP contribution >= 0.6 is 0 Å². The lowest BCUT2D eigenvalue weighted by molar-refractivity contribution is -0.393. The Morgan fingerprint density at radius 2 is 0.736 bits per heavy atom. The molecule has 2 amide bonds. The summed E-state index contributed by atoms with van der Waals surface area (Å²) in [5.41, 5.74) is 0. The summed E-state index contributed by atoms with van der Waals surface area (Å²) in [6.45, 7) is -1.56. The van der Waals surface area contributed by atoms with E-state index >= 15 is 0 Å². The predicted octanol–water partition coefficient (Wildman–Crippen LogP) is -12.8. The molecule has 0 aromatic rings. The quantitative estimate of drug-likeness (QED) is 0.0643. The molecule has 6 aliphatic heterocycles. The van der Waals surface area contributed by atoms with Crippen LogP contribution in [0.4, 0.5) is 0 Å². The number of carbonyl (C=O) groups excluding carboxylic acids is 2. The number of rotatable bonds is 17. The molecular formula is C40H68N2O30. The number of aliphatic hydroxyl groups is 17. The van der Waals surface area contributed by atoms with Gasteiger partial charge in [-0.2, -0.15) is 0 Å². The van der Waals surface area contributed by atoms with Crippen LogP contribution in [0.2, 0.25) is 0 Å². The van der Waals surface area contributed by atoms with Crippen LogP contribution < -0.4 is 10.6 Å². The Hall–Kier alpha value is -2.18. The van der Waals surface area contributed by atoms with Crippen molar-refractivity contribution in [1.29, 1.82) is 0 Å². The molecule has 0 radical (unpaired) electrons. The molecular weight excluding hydrogens is 988 g/mol. The first-order valence-corrected chi connectivity index (χ1v) is 23.0. The van der Waals surface area contributed by atoms with Gasteiger partial charge in [0.2, 0.25) is 11.8 Å². The van der Waals surface area contributed by atoms with E-state index in [2.05, 4.69) is 10.6 Å². The minimum Gasteiger partial charge on any atom is -0.394 e. The van der Waals surface area contributed by atoms with Gasteiger partial charge in [0.1, 0.15) is 140 Å². The fourth-order valence-corrected chi connectivity index (χ4v) is 9.25. The largest absolute Gasteiger partial charge is 0.394 e. The fourth-order valence-electron chi connectivity index (χ4n) is 9.25. The van der Waals surface area contributed by atoms with E-state index < -0.39 is 229 Å². The lowest BCUT2D eigenvalue weighted by Crippen LogP contribution is -2.71. The summed E-state index contributed by atoms with van der Waals surface area (Å²) in [4.78, 5) is 24.9. The molecule has 0 aromatic heterocycles. The zero-order valence-corrected chi connectivity index (χ0v) is 38.8. The summed E-state index contributed by atoms with van der Waals surface area (Å²) in [7, 11) is 0. The third kappa shape index (κ3) is 12.5. The molecule has 6 saturated heterocycles. The van der Waals surface area contributed by atoms with Crippen molar-refractivity contribution in [3.8, 4) is 0 Å². The monoisotopic (exact) mass is 1060 g/mol. The first-order valence-electron chi connectivity index (χ1n) is 23.0. The molecule has 0 spiro atoms. The van der Waals surface area contributed by atoms with Crippen molar-refractivity contribution >= 4 is 11.8 Å². The summed E-state index contributed by atoms with van der Waals surface area (Å²) < 4.78 is 63.1. The smallest absolute Gasteiger partial charge is 0.217 e. The van der Waals surface area contributed by atoms with Gasteiger partial charge in [-0.15, -0.1) is 0 Å². The van der Waals surface area contributed by atoms with Gasteiger partial charge in [-0.25, -0.2) is 0 Å². The highest BCUT2D eigenvalue weighted by Crippen LogP contribution is 2.37. The number of carbonyl (C=O) groups is 2. The third-order valence-electron chi connectivity index (χ3n) is 13.2. The summed E-state index contributed by atoms with van der Waals surface area (Å²) in [5, 5.41) is 188. The van der Waals surface area contributed by atoms with E-state index in [9.17, 15) is 96.4 Å². The predicted molar refractivity (Wildman–Crippen MR) is 221 cm³/mol. The molecule has 32 heteroatoms. The second-order valence-corrected chi connectivity index (χ2v) is 18.2. The highest BCUT2D eigenvalue weighted by atomic mass is 16.8. The fraction of sp³-hybridized carbons (Fsp3) is 0.950. The number of hydrogen-bond donors (Lipinski definition) is 19. The van der Waals surface area contributed by atoms with Gasteiger partial charge in [0, 0.05) is 13.8 Å². The van der Waals surface area contributed by atoms with Gasteiger partial charge in [-0.1, -0.05) is 0 Å². The highest BCUT2D eigenvalue weighted by molar-refractivity contribution is 5.73. The summed E-state index contributed by atoms with van der Waals surface area (Å²) in [5.74, 6) is -1.63. The summed E-state index contributed by atoms with van der Waals surface area (Å²) in [6.07, 6.45) is -52.6. The Morgan fingerprint density at radius 1 is 0.361 bits per heavy atom. The van der Waals surface area contributed by atoms with Crippen molar-refractivity contribution < 1.29 is 149 Å². The molecule has 0 unspecified atom stereocenters. The number of amides is 2. The maximum atomic E-state index is 12.8. The Balaban J connectivity index is 1.27. The molecule has 0 saturated carbocycles. The summed E-state index contributed by atoms with van der Waals surface area (Å²) >= 11 is 0. The molecule has 72 heavy (non-hydrogen) atoms. The van der Waals surface area contributed by atoms with E-state index in [1.165, 1.54) is 6.92 Å². The molecule has 418 valence electrons. The Labute approximate surface area is 408 Å². The van der Waals surface area contributed by atoms with Crippen molar-refractivity contribution in [2.45, 2.75) is 205 Å². The molecule has 30 atom stereocenters. The lowest BCUT2D eigenvalue weighted by atomic mass is 9.94. The second kappa shape index (κ2) is 25.3. The molecule has 6 aliphatic rings. The van der Waals surface area contributed by atoms with Gasteiger partial charge >= 0.3 is 0 Å². The van der Waals surface area contributed by atoms with Crippen molar-refractivity contribution in [2.24, 2.45) is 0 Å². The van der Waals surface area contributed by atoms with E-state index in [1.54, 1.807) is 0 Å². The molecule has 0 aromatic carbocycles. The van der Waals surface area contributed by atoms with Crippen molar-refractivity contribution in [3.63, 3.8) is 0 Å². The van der Waals surface area contributed by atoms with Gasteiger partial charge < -0.3 is 150 Å². The van der Waals surface area contributed by atoms with Crippen LogP contribution in [0.25, 0.3) is 0 Å². The highest BCUT2D eigenvalue weighted by Gasteiger charge is 2.58. The topological polar surface area (TPSA) is 504 Å². The van der Waals surface area contributed by atoms with Crippen LogP contribution in [0.1, 0.15) is 20.8 Å². The van der Waals surface area contributed by atoms with Crippen LogP contribution in [0.15, 0.2) is 0 Å². The van der Waals surface area contributed by atoms with Gasteiger partial charge in [-0.3, -0.25) is 9.59 Å². The SMILES string of the molecule is CC(=O)N[C@H]1[C@H](O[C@H]2[C@@H](O)[C@@H](CO)O[C@@H](O[C@H]3[C@H](O)[C@@H](CO)O[C@@H](O[C@H]4[C@@H](O)[C@@H](CO)O[C@@H](O[C@H]5[C@H](O[C@@H]6O[C@@H](C)[C@@H](O)[C@@H](O)[C@@H]6O)[C@@H](O)[C@H](O)O[C@@H]5CO)[C@@H]4O)[C@@H]3NC(C)=O)[C@@H]2O)O[C@H](CO)[C@@H](O)[C@@H]1O. The van der Waals surface area contributed by atoms with Gasteiger partial charge in [0.15, 0.2) is 37.7 Å². The first kappa shape index (κ1) is 59.1. The zero-order valence-electron chi connectivity index (χ0n) is 38.8. The summed E-state index contributed by atoms with van der Waals surface area (Å²) in [6, 6.07) is -3.40. The normalized spacial score (nSPS) is 50.3. The van der Waals surface area contributed by atoms with Gasteiger partial charge in [-0.05, 0) is 6.92 Å². The Morgan fingerprint density at radius 3 is 1.21 bits per heavy atom. The van der Waals surface area contributed by atoms with Crippen LogP contribution in [0.3, 0.4) is 0 Å². The molecule has 0 aliphatic carbocycles. The van der Waals surface area contributed by atoms with E-state index in [0.717, 1.165) is 13.8 Å². The lowest BCUT2D eigenvalue weighted by Gasteiger charge is -2.51. The van der Waals surface area contributed by atoms with E-state index in [4.69, 9.17) is 52.1 Å². The van der Waals surface area contributed by atoms with Gasteiger partial charge in [0.25, 0.3) is 0 Å². The molecule has 32 nitrogen and oxygen atoms in total. The maximum absolute atomic E-state index is 12.8. The molecule has 6 fully saturated rings. The second-order valence-electron chi connectivity index (χ2n) is 18.2. The minimum absolute atomic E-state index is 0.753.